The number of aliphatic hydroxyl groups is 1. The van der Waals surface area contributed by atoms with Crippen molar-refractivity contribution >= 4 is 11.6 Å². The summed E-state index contributed by atoms with van der Waals surface area (Å²) in [6.07, 6.45) is 5.32. The Morgan fingerprint density at radius 1 is 1.45 bits per heavy atom. The molecule has 1 aliphatic heterocycles. The second kappa shape index (κ2) is 6.40. The minimum atomic E-state index is -0.448. The zero-order valence-electron chi connectivity index (χ0n) is 13.0. The van der Waals surface area contributed by atoms with Crippen LogP contribution in [-0.2, 0) is 13.6 Å². The van der Waals surface area contributed by atoms with Crippen molar-refractivity contribution in [1.29, 1.82) is 0 Å². The summed E-state index contributed by atoms with van der Waals surface area (Å²) in [5.74, 6) is 0. The van der Waals surface area contributed by atoms with Gasteiger partial charge in [-0.1, -0.05) is 11.6 Å². The highest BCUT2D eigenvalue weighted by atomic mass is 35.5. The number of aliphatic hydroxyl groups excluding tert-OH is 1. The largest absolute Gasteiger partial charge is 0.390 e. The van der Waals surface area contributed by atoms with Crippen LogP contribution in [0.2, 0.25) is 5.15 Å². The van der Waals surface area contributed by atoms with Crippen molar-refractivity contribution in [3.05, 3.63) is 34.9 Å². The molecule has 2 aromatic heterocycles. The van der Waals surface area contributed by atoms with Crippen LogP contribution in [0.15, 0.2) is 18.5 Å². The first-order chi connectivity index (χ1) is 10.6. The van der Waals surface area contributed by atoms with Gasteiger partial charge in [0.1, 0.15) is 5.15 Å². The van der Waals surface area contributed by atoms with Gasteiger partial charge in [-0.3, -0.25) is 14.3 Å². The molecule has 2 atom stereocenters. The first kappa shape index (κ1) is 15.5. The number of aromatic nitrogens is 4. The summed E-state index contributed by atoms with van der Waals surface area (Å²) in [6.45, 7) is 4.11. The van der Waals surface area contributed by atoms with Gasteiger partial charge < -0.3 is 5.11 Å². The standard InChI is InChI=1S/C15H22ClN5O/c1-11-14(15(16)19(2)18-11)13-5-3-7-20(13)9-12(22)10-21-8-4-6-17-21/h4,6,8,12-13,22H,3,5,7,9-10H2,1-2H3/t12-,13+/m0/s1. The van der Waals surface area contributed by atoms with E-state index in [1.165, 1.54) is 0 Å². The molecule has 6 nitrogen and oxygen atoms in total. The third-order valence-corrected chi connectivity index (χ3v) is 4.74. The Morgan fingerprint density at radius 2 is 2.27 bits per heavy atom. The van der Waals surface area contributed by atoms with Gasteiger partial charge in [0.2, 0.25) is 0 Å². The van der Waals surface area contributed by atoms with Crippen LogP contribution in [0.3, 0.4) is 0 Å². The van der Waals surface area contributed by atoms with Crippen LogP contribution < -0.4 is 0 Å². The van der Waals surface area contributed by atoms with E-state index >= 15 is 0 Å². The molecule has 0 spiro atoms. The molecule has 0 aliphatic carbocycles. The number of hydrogen-bond donors (Lipinski definition) is 1. The highest BCUT2D eigenvalue weighted by molar-refractivity contribution is 6.30. The van der Waals surface area contributed by atoms with E-state index in [1.807, 2.05) is 26.2 Å². The van der Waals surface area contributed by atoms with Crippen LogP contribution in [0.25, 0.3) is 0 Å². The normalized spacial score (nSPS) is 20.6. The third-order valence-electron chi connectivity index (χ3n) is 4.30. The number of likely N-dealkylation sites (tertiary alicyclic amines) is 1. The highest BCUT2D eigenvalue weighted by Crippen LogP contribution is 2.37. The van der Waals surface area contributed by atoms with Gasteiger partial charge in [-0.05, 0) is 32.4 Å². The summed E-state index contributed by atoms with van der Waals surface area (Å²) < 4.78 is 3.49. The Hall–Kier alpha value is -1.37. The van der Waals surface area contributed by atoms with Crippen molar-refractivity contribution in [2.45, 2.75) is 38.5 Å². The lowest BCUT2D eigenvalue weighted by atomic mass is 10.1. The Bertz CT molecular complexity index is 624. The molecule has 0 aromatic carbocycles. The first-order valence-corrected chi connectivity index (χ1v) is 8.02. The number of rotatable bonds is 5. The molecule has 120 valence electrons. The second-order valence-electron chi connectivity index (χ2n) is 5.95. The predicted octanol–water partition coefficient (Wildman–Crippen LogP) is 1.78. The molecule has 0 amide bonds. The van der Waals surface area contributed by atoms with Gasteiger partial charge in [-0.2, -0.15) is 10.2 Å². The quantitative estimate of drug-likeness (QED) is 0.911. The Balaban J connectivity index is 1.70. The van der Waals surface area contributed by atoms with Crippen LogP contribution in [0.5, 0.6) is 0 Å². The van der Waals surface area contributed by atoms with Gasteiger partial charge in [0, 0.05) is 37.6 Å². The van der Waals surface area contributed by atoms with Gasteiger partial charge in [-0.25, -0.2) is 0 Å². The molecule has 1 N–H and O–H groups in total. The number of β-amino-alcohol motifs (C(OH)–C–C–N with tert-alkyl or cyclic N) is 1. The number of hydrogen-bond acceptors (Lipinski definition) is 4. The van der Waals surface area contributed by atoms with Gasteiger partial charge in [0.05, 0.1) is 18.3 Å². The zero-order chi connectivity index (χ0) is 15.7. The van der Waals surface area contributed by atoms with Gasteiger partial charge >= 0.3 is 0 Å². The lowest BCUT2D eigenvalue weighted by Gasteiger charge is -2.27. The summed E-state index contributed by atoms with van der Waals surface area (Å²) in [4.78, 5) is 2.31. The van der Waals surface area contributed by atoms with Crippen LogP contribution in [-0.4, -0.2) is 48.8 Å². The zero-order valence-corrected chi connectivity index (χ0v) is 13.7. The molecule has 0 saturated carbocycles. The fraction of sp³-hybridized carbons (Fsp3) is 0.600. The van der Waals surface area contributed by atoms with E-state index in [9.17, 15) is 5.11 Å². The Kier molecular flexibility index (Phi) is 4.52. The Labute approximate surface area is 135 Å². The predicted molar refractivity (Wildman–Crippen MR) is 84.7 cm³/mol. The van der Waals surface area contributed by atoms with E-state index < -0.39 is 6.10 Å². The topological polar surface area (TPSA) is 59.1 Å². The van der Waals surface area contributed by atoms with Crippen LogP contribution in [0.4, 0.5) is 0 Å². The maximum atomic E-state index is 10.3. The number of nitrogens with zero attached hydrogens (tertiary/aromatic N) is 5. The molecule has 22 heavy (non-hydrogen) atoms. The van der Waals surface area contributed by atoms with E-state index in [0.29, 0.717) is 18.2 Å². The minimum absolute atomic E-state index is 0.244. The molecule has 0 radical (unpaired) electrons. The van der Waals surface area contributed by atoms with Crippen molar-refractivity contribution in [3.8, 4) is 0 Å². The maximum absolute atomic E-state index is 10.3. The van der Waals surface area contributed by atoms with Crippen molar-refractivity contribution in [3.63, 3.8) is 0 Å². The maximum Gasteiger partial charge on any atom is 0.131 e. The van der Waals surface area contributed by atoms with Crippen LogP contribution in [0.1, 0.15) is 30.1 Å². The molecule has 2 aromatic rings. The summed E-state index contributed by atoms with van der Waals surface area (Å²) in [6, 6.07) is 2.11. The average Bonchev–Trinajstić information content (AvgIpc) is 3.15. The third kappa shape index (κ3) is 3.04. The number of halogens is 1. The molecule has 1 aliphatic rings. The van der Waals surface area contributed by atoms with Crippen molar-refractivity contribution in [1.82, 2.24) is 24.5 Å². The van der Waals surface area contributed by atoms with Gasteiger partial charge in [0.25, 0.3) is 0 Å². The van der Waals surface area contributed by atoms with E-state index in [0.717, 1.165) is 30.6 Å². The lowest BCUT2D eigenvalue weighted by Crippen LogP contribution is -2.34. The smallest absolute Gasteiger partial charge is 0.131 e. The molecule has 1 saturated heterocycles. The average molecular weight is 324 g/mol. The van der Waals surface area contributed by atoms with Crippen LogP contribution >= 0.6 is 11.6 Å². The summed E-state index contributed by atoms with van der Waals surface area (Å²) in [5, 5.41) is 19.6. The van der Waals surface area contributed by atoms with E-state index in [4.69, 9.17) is 11.6 Å². The molecular weight excluding hydrogens is 302 g/mol. The molecule has 7 heteroatoms. The van der Waals surface area contributed by atoms with Crippen LogP contribution in [0, 0.1) is 6.92 Å². The van der Waals surface area contributed by atoms with Crippen molar-refractivity contribution in [2.75, 3.05) is 13.1 Å². The van der Waals surface area contributed by atoms with E-state index in [2.05, 4.69) is 15.1 Å². The van der Waals surface area contributed by atoms with E-state index in [-0.39, 0.29) is 6.04 Å². The molecular formula is C15H22ClN5O. The van der Waals surface area contributed by atoms with Crippen molar-refractivity contribution in [2.24, 2.45) is 7.05 Å². The summed E-state index contributed by atoms with van der Waals surface area (Å²) >= 11 is 6.41. The lowest BCUT2D eigenvalue weighted by molar-refractivity contribution is 0.0889. The van der Waals surface area contributed by atoms with Crippen molar-refractivity contribution < 1.29 is 5.11 Å². The van der Waals surface area contributed by atoms with Gasteiger partial charge in [0.15, 0.2) is 0 Å². The van der Waals surface area contributed by atoms with Gasteiger partial charge in [-0.15, -0.1) is 0 Å². The molecule has 0 unspecified atom stereocenters. The fourth-order valence-electron chi connectivity index (χ4n) is 3.35. The summed E-state index contributed by atoms with van der Waals surface area (Å²) in [7, 11) is 1.87. The minimum Gasteiger partial charge on any atom is -0.390 e. The van der Waals surface area contributed by atoms with E-state index in [1.54, 1.807) is 15.6 Å². The first-order valence-electron chi connectivity index (χ1n) is 7.64. The molecule has 3 rings (SSSR count). The monoisotopic (exact) mass is 323 g/mol. The Morgan fingerprint density at radius 3 is 2.91 bits per heavy atom. The number of aryl methyl sites for hydroxylation is 2. The fourth-order valence-corrected chi connectivity index (χ4v) is 3.65. The highest BCUT2D eigenvalue weighted by Gasteiger charge is 2.32. The molecule has 3 heterocycles. The summed E-state index contributed by atoms with van der Waals surface area (Å²) in [5.41, 5.74) is 2.08. The molecule has 0 bridgehead atoms. The SMILES string of the molecule is Cc1nn(C)c(Cl)c1[C@H]1CCCN1C[C@H](O)Cn1cccn1. The molecule has 1 fully saturated rings. The second-order valence-corrected chi connectivity index (χ2v) is 6.31.